The molecule has 0 fully saturated rings. The smallest absolute Gasteiger partial charge is 0.107 e. The van der Waals surface area contributed by atoms with E-state index in [0.717, 1.165) is 26.2 Å². The molecule has 1 N–H and O–H groups in total. The molecule has 5 heteroatoms. The highest BCUT2D eigenvalue weighted by Gasteiger charge is 2.09. The standard InChI is InChI=1S/C15H23N3S2/c1-4-18(10-14-6-5-7-19-14)9-13-11-20-15(17-13)8-16-12(2)3/h5-7,11-12,16H,4,8-10H2,1-3H3. The van der Waals surface area contributed by atoms with E-state index in [1.54, 1.807) is 11.3 Å². The van der Waals surface area contributed by atoms with E-state index in [4.69, 9.17) is 4.98 Å². The SMILES string of the molecule is CCN(Cc1csc(CNC(C)C)n1)Cc1cccs1. The molecule has 2 heterocycles. The first-order valence-electron chi connectivity index (χ1n) is 7.08. The van der Waals surface area contributed by atoms with Crippen molar-refractivity contribution >= 4 is 22.7 Å². The van der Waals surface area contributed by atoms with E-state index in [9.17, 15) is 0 Å². The van der Waals surface area contributed by atoms with Gasteiger partial charge in [0.2, 0.25) is 0 Å². The van der Waals surface area contributed by atoms with Crippen molar-refractivity contribution in [1.82, 2.24) is 15.2 Å². The number of thiazole rings is 1. The van der Waals surface area contributed by atoms with Crippen molar-refractivity contribution in [2.45, 2.75) is 46.4 Å². The van der Waals surface area contributed by atoms with E-state index < -0.39 is 0 Å². The van der Waals surface area contributed by atoms with Crippen molar-refractivity contribution in [1.29, 1.82) is 0 Å². The summed E-state index contributed by atoms with van der Waals surface area (Å²) in [6.07, 6.45) is 0. The number of nitrogens with zero attached hydrogens (tertiary/aromatic N) is 2. The molecule has 2 aromatic rings. The quantitative estimate of drug-likeness (QED) is 0.805. The van der Waals surface area contributed by atoms with Crippen LogP contribution in [-0.2, 0) is 19.6 Å². The van der Waals surface area contributed by atoms with Gasteiger partial charge in [-0.05, 0) is 18.0 Å². The van der Waals surface area contributed by atoms with Gasteiger partial charge in [0.15, 0.2) is 0 Å². The summed E-state index contributed by atoms with van der Waals surface area (Å²) in [4.78, 5) is 8.57. The zero-order valence-electron chi connectivity index (χ0n) is 12.4. The van der Waals surface area contributed by atoms with Crippen LogP contribution in [-0.4, -0.2) is 22.5 Å². The molecule has 0 saturated heterocycles. The predicted octanol–water partition coefficient (Wildman–Crippen LogP) is 3.72. The van der Waals surface area contributed by atoms with Gasteiger partial charge >= 0.3 is 0 Å². The number of thiophene rings is 1. The Morgan fingerprint density at radius 1 is 1.30 bits per heavy atom. The van der Waals surface area contributed by atoms with E-state index in [1.807, 2.05) is 11.3 Å². The van der Waals surface area contributed by atoms with Crippen LogP contribution in [0.15, 0.2) is 22.9 Å². The van der Waals surface area contributed by atoms with Crippen molar-refractivity contribution in [3.05, 3.63) is 38.5 Å². The van der Waals surface area contributed by atoms with E-state index >= 15 is 0 Å². The molecular formula is C15H23N3S2. The molecule has 3 nitrogen and oxygen atoms in total. The van der Waals surface area contributed by atoms with Crippen LogP contribution < -0.4 is 5.32 Å². The molecule has 0 radical (unpaired) electrons. The zero-order chi connectivity index (χ0) is 14.4. The number of aromatic nitrogens is 1. The van der Waals surface area contributed by atoms with Crippen molar-refractivity contribution in [2.24, 2.45) is 0 Å². The molecule has 0 aliphatic heterocycles. The Hall–Kier alpha value is -0.750. The molecule has 0 aliphatic rings. The van der Waals surface area contributed by atoms with Crippen LogP contribution in [0.4, 0.5) is 0 Å². The molecule has 20 heavy (non-hydrogen) atoms. The minimum atomic E-state index is 0.508. The van der Waals surface area contributed by atoms with Gasteiger partial charge in [-0.1, -0.05) is 26.8 Å². The van der Waals surface area contributed by atoms with Gasteiger partial charge in [0, 0.05) is 35.9 Å². The highest BCUT2D eigenvalue weighted by Crippen LogP contribution is 2.16. The Kier molecular flexibility index (Phi) is 6.16. The van der Waals surface area contributed by atoms with Gasteiger partial charge in [0.1, 0.15) is 5.01 Å². The van der Waals surface area contributed by atoms with E-state index in [2.05, 4.69) is 53.9 Å². The zero-order valence-corrected chi connectivity index (χ0v) is 14.1. The number of rotatable bonds is 8. The van der Waals surface area contributed by atoms with Crippen LogP contribution in [0.2, 0.25) is 0 Å². The lowest BCUT2D eigenvalue weighted by Gasteiger charge is -2.18. The summed E-state index contributed by atoms with van der Waals surface area (Å²) in [5, 5.41) is 8.93. The maximum Gasteiger partial charge on any atom is 0.107 e. The molecule has 0 unspecified atom stereocenters. The van der Waals surface area contributed by atoms with Gasteiger partial charge in [0.25, 0.3) is 0 Å². The molecular weight excluding hydrogens is 286 g/mol. The monoisotopic (exact) mass is 309 g/mol. The third kappa shape index (κ3) is 4.98. The van der Waals surface area contributed by atoms with Crippen molar-refractivity contribution in [3.63, 3.8) is 0 Å². The Morgan fingerprint density at radius 3 is 2.80 bits per heavy atom. The average Bonchev–Trinajstić information content (AvgIpc) is 3.07. The first-order valence-corrected chi connectivity index (χ1v) is 8.84. The second kappa shape index (κ2) is 7.88. The van der Waals surface area contributed by atoms with Crippen LogP contribution in [0.25, 0.3) is 0 Å². The Morgan fingerprint density at radius 2 is 2.15 bits per heavy atom. The molecule has 2 rings (SSSR count). The molecule has 0 aliphatic carbocycles. The highest BCUT2D eigenvalue weighted by atomic mass is 32.1. The fourth-order valence-corrected chi connectivity index (χ4v) is 3.41. The Labute approximate surface area is 129 Å². The minimum absolute atomic E-state index is 0.508. The topological polar surface area (TPSA) is 28.2 Å². The second-order valence-electron chi connectivity index (χ2n) is 5.15. The molecule has 0 bridgehead atoms. The van der Waals surface area contributed by atoms with Crippen LogP contribution in [0.3, 0.4) is 0 Å². The fourth-order valence-electron chi connectivity index (χ4n) is 1.93. The highest BCUT2D eigenvalue weighted by molar-refractivity contribution is 7.10. The van der Waals surface area contributed by atoms with E-state index in [-0.39, 0.29) is 0 Å². The molecule has 0 spiro atoms. The maximum atomic E-state index is 4.72. The molecule has 110 valence electrons. The predicted molar refractivity (Wildman–Crippen MR) is 88.2 cm³/mol. The lowest BCUT2D eigenvalue weighted by atomic mass is 10.3. The van der Waals surface area contributed by atoms with Gasteiger partial charge in [-0.25, -0.2) is 4.98 Å². The Bertz CT molecular complexity index is 491. The lowest BCUT2D eigenvalue weighted by Crippen LogP contribution is -2.23. The summed E-state index contributed by atoms with van der Waals surface area (Å²) in [6.45, 7) is 10.4. The summed E-state index contributed by atoms with van der Waals surface area (Å²) in [5.41, 5.74) is 1.19. The summed E-state index contributed by atoms with van der Waals surface area (Å²) < 4.78 is 0. The lowest BCUT2D eigenvalue weighted by molar-refractivity contribution is 0.271. The molecule has 0 aromatic carbocycles. The van der Waals surface area contributed by atoms with Gasteiger partial charge in [-0.15, -0.1) is 22.7 Å². The normalized spacial score (nSPS) is 11.7. The second-order valence-corrected chi connectivity index (χ2v) is 7.13. The molecule has 0 saturated carbocycles. The van der Waals surface area contributed by atoms with Crippen molar-refractivity contribution in [2.75, 3.05) is 6.54 Å². The van der Waals surface area contributed by atoms with Crippen molar-refractivity contribution in [3.8, 4) is 0 Å². The first kappa shape index (κ1) is 15.6. The average molecular weight is 310 g/mol. The first-order chi connectivity index (χ1) is 9.67. The number of nitrogens with one attached hydrogen (secondary N) is 1. The largest absolute Gasteiger partial charge is 0.308 e. The maximum absolute atomic E-state index is 4.72. The summed E-state index contributed by atoms with van der Waals surface area (Å²) in [5.74, 6) is 0. The minimum Gasteiger partial charge on any atom is -0.308 e. The van der Waals surface area contributed by atoms with Crippen LogP contribution in [0.1, 0.15) is 36.3 Å². The van der Waals surface area contributed by atoms with Gasteiger partial charge in [-0.3, -0.25) is 4.90 Å². The summed E-state index contributed by atoms with van der Waals surface area (Å²) >= 11 is 3.58. The molecule has 2 aromatic heterocycles. The summed E-state index contributed by atoms with van der Waals surface area (Å²) in [6, 6.07) is 4.83. The number of hydrogen-bond acceptors (Lipinski definition) is 5. The number of hydrogen-bond donors (Lipinski definition) is 1. The molecule has 0 atom stereocenters. The fraction of sp³-hybridized carbons (Fsp3) is 0.533. The van der Waals surface area contributed by atoms with Crippen LogP contribution in [0.5, 0.6) is 0 Å². The van der Waals surface area contributed by atoms with Gasteiger partial charge < -0.3 is 5.32 Å². The van der Waals surface area contributed by atoms with Gasteiger partial charge in [-0.2, -0.15) is 0 Å². The van der Waals surface area contributed by atoms with Gasteiger partial charge in [0.05, 0.1) is 5.69 Å². The van der Waals surface area contributed by atoms with E-state index in [0.29, 0.717) is 6.04 Å². The van der Waals surface area contributed by atoms with E-state index in [1.165, 1.54) is 15.6 Å². The van der Waals surface area contributed by atoms with Crippen molar-refractivity contribution < 1.29 is 0 Å². The third-order valence-corrected chi connectivity index (χ3v) is 4.81. The van der Waals surface area contributed by atoms with Crippen LogP contribution >= 0.6 is 22.7 Å². The molecule has 0 amide bonds. The van der Waals surface area contributed by atoms with Crippen LogP contribution in [0, 0.1) is 0 Å². The Balaban J connectivity index is 1.87. The third-order valence-electron chi connectivity index (χ3n) is 3.05. The summed E-state index contributed by atoms with van der Waals surface area (Å²) in [7, 11) is 0.